The zero-order valence-corrected chi connectivity index (χ0v) is 19.1. The minimum atomic E-state index is -1.03. The summed E-state index contributed by atoms with van der Waals surface area (Å²) in [6, 6.07) is 7.84. The largest absolute Gasteiger partial charge is 0.465 e. The van der Waals surface area contributed by atoms with Crippen molar-refractivity contribution in [3.63, 3.8) is 0 Å². The summed E-state index contributed by atoms with van der Waals surface area (Å²) in [5.74, 6) is -0.636. The van der Waals surface area contributed by atoms with Crippen LogP contribution in [0.5, 0.6) is 0 Å². The third-order valence-electron chi connectivity index (χ3n) is 7.03. The van der Waals surface area contributed by atoms with Crippen LogP contribution in [0, 0.1) is 22.6 Å². The number of thiophene rings is 1. The number of fused-ring (bicyclic) bond motifs is 2. The number of carbonyl (C=O) groups excluding carboxylic acids is 1. The lowest BCUT2D eigenvalue weighted by atomic mass is 9.67. The zero-order chi connectivity index (χ0) is 23.3. The molecule has 2 aliphatic heterocycles. The summed E-state index contributed by atoms with van der Waals surface area (Å²) in [6.45, 7) is 6.33. The van der Waals surface area contributed by atoms with Crippen LogP contribution in [0.4, 0.5) is 9.18 Å². The van der Waals surface area contributed by atoms with E-state index in [2.05, 4.69) is 26.1 Å². The van der Waals surface area contributed by atoms with Crippen molar-refractivity contribution in [1.82, 2.24) is 10.2 Å². The number of halogens is 1. The van der Waals surface area contributed by atoms with Crippen molar-refractivity contribution in [2.24, 2.45) is 5.41 Å². The summed E-state index contributed by atoms with van der Waals surface area (Å²) in [4.78, 5) is 27.6. The summed E-state index contributed by atoms with van der Waals surface area (Å²) in [7, 11) is 0. The van der Waals surface area contributed by atoms with Gasteiger partial charge in [0.2, 0.25) is 0 Å². The second kappa shape index (κ2) is 7.89. The highest BCUT2D eigenvalue weighted by Crippen LogP contribution is 2.54. The maximum Gasteiger partial charge on any atom is 0.404 e. The van der Waals surface area contributed by atoms with E-state index in [0.717, 1.165) is 18.4 Å². The van der Waals surface area contributed by atoms with Gasteiger partial charge >= 0.3 is 6.09 Å². The van der Waals surface area contributed by atoms with Crippen molar-refractivity contribution in [2.75, 3.05) is 0 Å². The molecule has 3 atom stereocenters. The predicted molar refractivity (Wildman–Crippen MR) is 120 cm³/mol. The molecule has 0 aliphatic carbocycles. The Labute approximate surface area is 190 Å². The molecule has 1 aromatic heterocycles. The van der Waals surface area contributed by atoms with Crippen LogP contribution >= 0.6 is 11.3 Å². The van der Waals surface area contributed by atoms with Gasteiger partial charge in [-0.15, -0.1) is 11.3 Å². The highest BCUT2D eigenvalue weighted by atomic mass is 32.1. The summed E-state index contributed by atoms with van der Waals surface area (Å²) in [5, 5.41) is 22.6. The molecule has 6 nitrogen and oxygen atoms in total. The fraction of sp³-hybridized carbons (Fsp3) is 0.458. The number of hydrogen-bond acceptors (Lipinski definition) is 4. The number of nitriles is 1. The van der Waals surface area contributed by atoms with Gasteiger partial charge in [-0.05, 0) is 65.8 Å². The fourth-order valence-electron chi connectivity index (χ4n) is 5.44. The van der Waals surface area contributed by atoms with Crippen LogP contribution in [0.2, 0.25) is 0 Å². The summed E-state index contributed by atoms with van der Waals surface area (Å²) >= 11 is 1.33. The number of benzene rings is 1. The highest BCUT2D eigenvalue weighted by molar-refractivity contribution is 7.12. The van der Waals surface area contributed by atoms with Gasteiger partial charge in [0.1, 0.15) is 11.9 Å². The quantitative estimate of drug-likeness (QED) is 0.661. The van der Waals surface area contributed by atoms with Crippen LogP contribution < -0.4 is 5.32 Å². The van der Waals surface area contributed by atoms with Crippen LogP contribution in [-0.2, 0) is 0 Å². The first-order chi connectivity index (χ1) is 15.1. The van der Waals surface area contributed by atoms with Crippen LogP contribution in [0.1, 0.15) is 61.7 Å². The molecule has 2 N–H and O–H groups in total. The monoisotopic (exact) mass is 455 g/mol. The number of rotatable bonds is 3. The van der Waals surface area contributed by atoms with Gasteiger partial charge in [-0.3, -0.25) is 4.79 Å². The minimum absolute atomic E-state index is 0.0122. The van der Waals surface area contributed by atoms with Crippen molar-refractivity contribution >= 4 is 23.3 Å². The number of nitrogens with zero attached hydrogens (tertiary/aromatic N) is 2. The Morgan fingerprint density at radius 3 is 2.69 bits per heavy atom. The van der Waals surface area contributed by atoms with Crippen LogP contribution in [0.15, 0.2) is 29.6 Å². The standard InChI is InChI=1S/C24H26FN3O3S/c1-23(2,3)24-7-6-18(10-17(11-24)27-22(30)31)28(24)21(29)20-9-16(13-32-20)14-4-5-15(12-26)19(25)8-14/h4-5,8-9,13,17-18,27H,6-7,10-11H2,1-3H3,(H,30,31). The molecule has 2 amide bonds. The van der Waals surface area contributed by atoms with Gasteiger partial charge in [0.25, 0.3) is 5.91 Å². The smallest absolute Gasteiger partial charge is 0.404 e. The Balaban J connectivity index is 1.65. The lowest BCUT2D eigenvalue weighted by Gasteiger charge is -2.54. The Hall–Kier alpha value is -2.92. The second-order valence-electron chi connectivity index (χ2n) is 9.74. The molecule has 0 spiro atoms. The first-order valence-corrected chi connectivity index (χ1v) is 11.6. The van der Waals surface area contributed by atoms with Crippen molar-refractivity contribution in [2.45, 2.75) is 64.1 Å². The minimum Gasteiger partial charge on any atom is -0.465 e. The lowest BCUT2D eigenvalue weighted by Crippen LogP contribution is -2.64. The van der Waals surface area contributed by atoms with Crippen molar-refractivity contribution in [1.29, 1.82) is 5.26 Å². The van der Waals surface area contributed by atoms with Gasteiger partial charge in [0.15, 0.2) is 0 Å². The van der Waals surface area contributed by atoms with Gasteiger partial charge in [-0.25, -0.2) is 9.18 Å². The third kappa shape index (κ3) is 3.65. The van der Waals surface area contributed by atoms with Gasteiger partial charge in [0, 0.05) is 12.1 Å². The molecular weight excluding hydrogens is 429 g/mol. The maximum absolute atomic E-state index is 14.1. The molecule has 2 fully saturated rings. The average molecular weight is 456 g/mol. The molecule has 32 heavy (non-hydrogen) atoms. The molecule has 2 aliphatic rings. The van der Waals surface area contributed by atoms with Crippen molar-refractivity contribution < 1.29 is 19.1 Å². The van der Waals surface area contributed by atoms with Crippen LogP contribution in [0.25, 0.3) is 11.1 Å². The normalized spacial score (nSPS) is 24.8. The third-order valence-corrected chi connectivity index (χ3v) is 7.95. The predicted octanol–water partition coefficient (Wildman–Crippen LogP) is 5.25. The summed E-state index contributed by atoms with van der Waals surface area (Å²) in [6.07, 6.45) is 1.85. The number of piperidine rings is 1. The first kappa shape index (κ1) is 22.3. The zero-order valence-electron chi connectivity index (χ0n) is 18.3. The van der Waals surface area contributed by atoms with E-state index in [9.17, 15) is 19.1 Å². The van der Waals surface area contributed by atoms with Gasteiger partial charge in [0.05, 0.1) is 16.0 Å². The van der Waals surface area contributed by atoms with Gasteiger partial charge in [-0.2, -0.15) is 5.26 Å². The summed E-state index contributed by atoms with van der Waals surface area (Å²) in [5.41, 5.74) is 0.676. The summed E-state index contributed by atoms with van der Waals surface area (Å²) < 4.78 is 14.1. The highest BCUT2D eigenvalue weighted by Gasteiger charge is 2.59. The van der Waals surface area contributed by atoms with Gasteiger partial charge in [-0.1, -0.05) is 26.8 Å². The number of nitrogens with one attached hydrogen (secondary N) is 1. The molecule has 2 saturated heterocycles. The van der Waals surface area contributed by atoms with E-state index < -0.39 is 17.4 Å². The molecule has 3 heterocycles. The van der Waals surface area contributed by atoms with Crippen molar-refractivity contribution in [3.8, 4) is 17.2 Å². The van der Waals surface area contributed by atoms with Crippen LogP contribution in [-0.4, -0.2) is 39.6 Å². The Morgan fingerprint density at radius 1 is 1.31 bits per heavy atom. The number of carbonyl (C=O) groups is 2. The van der Waals surface area contributed by atoms with E-state index in [4.69, 9.17) is 5.26 Å². The van der Waals surface area contributed by atoms with E-state index in [1.54, 1.807) is 12.1 Å². The maximum atomic E-state index is 14.1. The number of amides is 2. The molecule has 3 unspecified atom stereocenters. The van der Waals surface area contributed by atoms with E-state index in [0.29, 0.717) is 23.3 Å². The second-order valence-corrected chi connectivity index (χ2v) is 10.7. The molecular formula is C24H26FN3O3S. The molecule has 168 valence electrons. The Kier molecular flexibility index (Phi) is 5.49. The van der Waals surface area contributed by atoms with E-state index in [1.165, 1.54) is 23.5 Å². The van der Waals surface area contributed by atoms with E-state index in [1.807, 2.05) is 16.3 Å². The molecule has 0 radical (unpaired) electrons. The Bertz CT molecular complexity index is 1120. The number of hydrogen-bond donors (Lipinski definition) is 2. The fourth-order valence-corrected chi connectivity index (χ4v) is 6.29. The molecule has 0 saturated carbocycles. The van der Waals surface area contributed by atoms with E-state index >= 15 is 0 Å². The van der Waals surface area contributed by atoms with E-state index in [-0.39, 0.29) is 29.0 Å². The van der Waals surface area contributed by atoms with Crippen LogP contribution in [0.3, 0.4) is 0 Å². The SMILES string of the molecule is CC(C)(C)C12CCC(CC(NC(=O)O)C1)N2C(=O)c1cc(-c2ccc(C#N)c(F)c2)cs1. The van der Waals surface area contributed by atoms with Crippen molar-refractivity contribution in [3.05, 3.63) is 45.9 Å². The molecule has 1 aromatic carbocycles. The molecule has 2 aromatic rings. The first-order valence-electron chi connectivity index (χ1n) is 10.7. The average Bonchev–Trinajstić information content (AvgIpc) is 3.29. The van der Waals surface area contributed by atoms with Gasteiger partial charge < -0.3 is 15.3 Å². The lowest BCUT2D eigenvalue weighted by molar-refractivity contribution is -0.0225. The number of carboxylic acid groups (broad SMARTS) is 1. The molecule has 8 heteroatoms. The Morgan fingerprint density at radius 2 is 2.06 bits per heavy atom. The molecule has 2 bridgehead atoms. The molecule has 4 rings (SSSR count). The topological polar surface area (TPSA) is 93.4 Å².